The van der Waals surface area contributed by atoms with Crippen molar-refractivity contribution in [1.29, 1.82) is 0 Å². The minimum atomic E-state index is -0.498. The Labute approximate surface area is 158 Å². The van der Waals surface area contributed by atoms with Crippen LogP contribution in [-0.2, 0) is 11.3 Å². The first-order chi connectivity index (χ1) is 12.4. The normalized spacial score (nSPS) is 15.8. The summed E-state index contributed by atoms with van der Waals surface area (Å²) < 4.78 is 18.0. The molecule has 134 valence electrons. The van der Waals surface area contributed by atoms with Gasteiger partial charge in [-0.25, -0.2) is 4.39 Å². The van der Waals surface area contributed by atoms with Gasteiger partial charge in [-0.05, 0) is 41.6 Å². The summed E-state index contributed by atoms with van der Waals surface area (Å²) in [6, 6.07) is 8.45. The first kappa shape index (κ1) is 18.3. The maximum atomic E-state index is 13.0. The van der Waals surface area contributed by atoms with E-state index in [4.69, 9.17) is 16.3 Å². The number of imide groups is 1. The second-order valence-electron chi connectivity index (χ2n) is 5.44. The van der Waals surface area contributed by atoms with Crippen LogP contribution in [0.2, 0.25) is 5.02 Å². The van der Waals surface area contributed by atoms with E-state index >= 15 is 0 Å². The molecule has 0 atom stereocenters. The maximum absolute atomic E-state index is 13.0. The first-order valence-electron chi connectivity index (χ1n) is 7.45. The predicted octanol–water partition coefficient (Wildman–Crippen LogP) is 4.43. The number of rotatable bonds is 4. The quantitative estimate of drug-likeness (QED) is 0.778. The summed E-state index contributed by atoms with van der Waals surface area (Å²) in [5.41, 5.74) is 0.892. The standard InChI is InChI=1S/C18H13ClFNO4S/c1-25-14-8-12(19)6-11(16(14)22)7-15-17(23)21(18(24)26-15)9-10-2-4-13(20)5-3-10/h2-8,22H,9H2,1H3/b15-7-. The number of phenolic OH excluding ortho intramolecular Hbond substituents is 1. The van der Waals surface area contributed by atoms with E-state index < -0.39 is 17.0 Å². The molecule has 0 unspecified atom stereocenters. The second-order valence-corrected chi connectivity index (χ2v) is 6.87. The zero-order valence-corrected chi connectivity index (χ0v) is 15.1. The summed E-state index contributed by atoms with van der Waals surface area (Å²) >= 11 is 6.74. The van der Waals surface area contributed by atoms with Gasteiger partial charge in [0.25, 0.3) is 11.1 Å². The van der Waals surface area contributed by atoms with Crippen molar-refractivity contribution in [1.82, 2.24) is 4.90 Å². The van der Waals surface area contributed by atoms with Crippen LogP contribution in [0.25, 0.3) is 6.08 Å². The number of thioether (sulfide) groups is 1. The molecule has 0 bridgehead atoms. The Morgan fingerprint density at radius 2 is 1.96 bits per heavy atom. The van der Waals surface area contributed by atoms with Crippen molar-refractivity contribution in [2.45, 2.75) is 6.54 Å². The molecule has 1 aliphatic heterocycles. The molecule has 0 aliphatic carbocycles. The van der Waals surface area contributed by atoms with E-state index in [1.54, 1.807) is 0 Å². The number of hydrogen-bond donors (Lipinski definition) is 1. The van der Waals surface area contributed by atoms with Crippen LogP contribution in [0.15, 0.2) is 41.3 Å². The molecule has 2 amide bonds. The number of ether oxygens (including phenoxy) is 1. The van der Waals surface area contributed by atoms with Crippen LogP contribution in [0.5, 0.6) is 11.5 Å². The van der Waals surface area contributed by atoms with Gasteiger partial charge in [-0.3, -0.25) is 14.5 Å². The topological polar surface area (TPSA) is 66.8 Å². The Balaban J connectivity index is 1.88. The van der Waals surface area contributed by atoms with E-state index in [2.05, 4.69) is 0 Å². The van der Waals surface area contributed by atoms with E-state index in [-0.39, 0.29) is 28.5 Å². The van der Waals surface area contributed by atoms with Gasteiger partial charge in [0.2, 0.25) is 0 Å². The number of carbonyl (C=O) groups excluding carboxylic acids is 2. The van der Waals surface area contributed by atoms with Gasteiger partial charge in [-0.1, -0.05) is 23.7 Å². The summed E-state index contributed by atoms with van der Waals surface area (Å²) in [7, 11) is 1.38. The largest absolute Gasteiger partial charge is 0.504 e. The zero-order chi connectivity index (χ0) is 18.8. The number of benzene rings is 2. The molecule has 1 saturated heterocycles. The zero-order valence-electron chi connectivity index (χ0n) is 13.5. The molecule has 1 fully saturated rings. The first-order valence-corrected chi connectivity index (χ1v) is 8.65. The van der Waals surface area contributed by atoms with Gasteiger partial charge >= 0.3 is 0 Å². The van der Waals surface area contributed by atoms with Crippen LogP contribution >= 0.6 is 23.4 Å². The minimum Gasteiger partial charge on any atom is -0.504 e. The monoisotopic (exact) mass is 393 g/mol. The van der Waals surface area contributed by atoms with E-state index in [0.29, 0.717) is 10.6 Å². The fourth-order valence-corrected chi connectivity index (χ4v) is 3.46. The number of hydrogen-bond acceptors (Lipinski definition) is 5. The third-order valence-electron chi connectivity index (χ3n) is 3.70. The van der Waals surface area contributed by atoms with E-state index in [9.17, 15) is 19.1 Å². The molecule has 2 aromatic rings. The van der Waals surface area contributed by atoms with Gasteiger partial charge in [-0.15, -0.1) is 0 Å². The molecule has 1 N–H and O–H groups in total. The second kappa shape index (κ2) is 7.39. The third kappa shape index (κ3) is 3.68. The van der Waals surface area contributed by atoms with E-state index in [0.717, 1.165) is 16.7 Å². The highest BCUT2D eigenvalue weighted by Crippen LogP contribution is 2.38. The Kier molecular flexibility index (Phi) is 5.20. The molecule has 0 saturated carbocycles. The van der Waals surface area contributed by atoms with Crippen molar-refractivity contribution >= 4 is 40.6 Å². The Morgan fingerprint density at radius 1 is 1.27 bits per heavy atom. The lowest BCUT2D eigenvalue weighted by molar-refractivity contribution is -0.123. The number of methoxy groups -OCH3 is 1. The number of halogens is 2. The van der Waals surface area contributed by atoms with Crippen molar-refractivity contribution in [2.75, 3.05) is 7.11 Å². The molecule has 2 aromatic carbocycles. The predicted molar refractivity (Wildman–Crippen MR) is 97.6 cm³/mol. The number of carbonyl (C=O) groups is 2. The van der Waals surface area contributed by atoms with Crippen LogP contribution in [0, 0.1) is 5.82 Å². The molecule has 26 heavy (non-hydrogen) atoms. The van der Waals surface area contributed by atoms with Gasteiger partial charge in [0.1, 0.15) is 5.82 Å². The summed E-state index contributed by atoms with van der Waals surface area (Å²) in [4.78, 5) is 25.9. The molecule has 3 rings (SSSR count). The number of phenols is 1. The van der Waals surface area contributed by atoms with Crippen molar-refractivity contribution in [3.8, 4) is 11.5 Å². The highest BCUT2D eigenvalue weighted by atomic mass is 35.5. The summed E-state index contributed by atoms with van der Waals surface area (Å²) in [6.45, 7) is 0.0349. The van der Waals surface area contributed by atoms with Gasteiger partial charge in [-0.2, -0.15) is 0 Å². The Bertz CT molecular complexity index is 914. The van der Waals surface area contributed by atoms with Crippen LogP contribution in [0.3, 0.4) is 0 Å². The lowest BCUT2D eigenvalue weighted by atomic mass is 10.1. The maximum Gasteiger partial charge on any atom is 0.293 e. The van der Waals surface area contributed by atoms with Crippen LogP contribution in [-0.4, -0.2) is 28.3 Å². The molecule has 5 nitrogen and oxygen atoms in total. The molecule has 0 aromatic heterocycles. The van der Waals surface area contributed by atoms with Crippen molar-refractivity contribution < 1.29 is 23.8 Å². The Hall–Kier alpha value is -2.51. The van der Waals surface area contributed by atoms with Crippen molar-refractivity contribution in [3.63, 3.8) is 0 Å². The lowest BCUT2D eigenvalue weighted by Crippen LogP contribution is -2.27. The van der Waals surface area contributed by atoms with Gasteiger partial charge < -0.3 is 9.84 Å². The SMILES string of the molecule is COc1cc(Cl)cc(/C=C2\SC(=O)N(Cc3ccc(F)cc3)C2=O)c1O. The summed E-state index contributed by atoms with van der Waals surface area (Å²) in [5, 5.41) is 10.0. The van der Waals surface area contributed by atoms with Gasteiger partial charge in [0.15, 0.2) is 11.5 Å². The van der Waals surface area contributed by atoms with Gasteiger partial charge in [0.05, 0.1) is 18.6 Å². The van der Waals surface area contributed by atoms with Crippen LogP contribution in [0.1, 0.15) is 11.1 Å². The highest BCUT2D eigenvalue weighted by Gasteiger charge is 2.35. The van der Waals surface area contributed by atoms with Crippen LogP contribution in [0.4, 0.5) is 9.18 Å². The fraction of sp³-hybridized carbons (Fsp3) is 0.111. The molecular formula is C18H13ClFNO4S. The summed E-state index contributed by atoms with van der Waals surface area (Å²) in [5.74, 6) is -0.910. The molecular weight excluding hydrogens is 381 g/mol. The number of amides is 2. The highest BCUT2D eigenvalue weighted by molar-refractivity contribution is 8.18. The molecule has 0 radical (unpaired) electrons. The Morgan fingerprint density at radius 3 is 2.62 bits per heavy atom. The van der Waals surface area contributed by atoms with E-state index in [1.807, 2.05) is 0 Å². The van der Waals surface area contributed by atoms with Gasteiger partial charge in [0, 0.05) is 16.7 Å². The third-order valence-corrected chi connectivity index (χ3v) is 4.83. The fourth-order valence-electron chi connectivity index (χ4n) is 2.41. The van der Waals surface area contributed by atoms with Crippen LogP contribution < -0.4 is 4.74 Å². The molecule has 1 aliphatic rings. The number of aromatic hydroxyl groups is 1. The average Bonchev–Trinajstić information content (AvgIpc) is 2.87. The lowest BCUT2D eigenvalue weighted by Gasteiger charge is -2.12. The molecule has 0 spiro atoms. The van der Waals surface area contributed by atoms with Crippen molar-refractivity contribution in [3.05, 3.63) is 63.3 Å². The average molecular weight is 394 g/mol. The summed E-state index contributed by atoms with van der Waals surface area (Å²) in [6.07, 6.45) is 1.39. The molecule has 8 heteroatoms. The minimum absolute atomic E-state index is 0.0349. The van der Waals surface area contributed by atoms with E-state index in [1.165, 1.54) is 49.6 Å². The van der Waals surface area contributed by atoms with Crippen molar-refractivity contribution in [2.24, 2.45) is 0 Å². The number of nitrogens with zero attached hydrogens (tertiary/aromatic N) is 1. The smallest absolute Gasteiger partial charge is 0.293 e. The molecule has 1 heterocycles.